The van der Waals surface area contributed by atoms with Gasteiger partial charge < -0.3 is 4.74 Å². The van der Waals surface area contributed by atoms with Crippen molar-refractivity contribution in [2.24, 2.45) is 11.8 Å². The summed E-state index contributed by atoms with van der Waals surface area (Å²) in [6, 6.07) is 14.0. The van der Waals surface area contributed by atoms with E-state index < -0.39 is 11.8 Å². The number of hydrogen-bond donors (Lipinski definition) is 0. The van der Waals surface area contributed by atoms with E-state index in [1.165, 1.54) is 18.2 Å². The fourth-order valence-corrected chi connectivity index (χ4v) is 6.28. The molecule has 2 fully saturated rings. The second kappa shape index (κ2) is 12.3. The van der Waals surface area contributed by atoms with Crippen LogP contribution in [0.5, 0.6) is 5.75 Å². The van der Waals surface area contributed by atoms with Crippen LogP contribution in [0, 0.1) is 17.7 Å². The van der Waals surface area contributed by atoms with Crippen LogP contribution >= 0.6 is 0 Å². The first-order valence-electron chi connectivity index (χ1n) is 13.2. The van der Waals surface area contributed by atoms with Crippen LogP contribution in [-0.2, 0) is 6.42 Å². The molecule has 0 N–H and O–H groups in total. The second-order valence-electron chi connectivity index (χ2n) is 10.6. The molecule has 4 rings (SSSR count). The molecule has 2 saturated carbocycles. The fraction of sp³-hybridized carbons (Fsp3) is 0.600. The van der Waals surface area contributed by atoms with Gasteiger partial charge in [-0.15, -0.1) is 0 Å². The smallest absolute Gasteiger partial charge is 0.251 e. The van der Waals surface area contributed by atoms with Gasteiger partial charge >= 0.3 is 0 Å². The quantitative estimate of drug-likeness (QED) is 0.334. The van der Waals surface area contributed by atoms with E-state index in [-0.39, 0.29) is 34.5 Å². The third kappa shape index (κ3) is 6.80. The molecule has 0 unspecified atom stereocenters. The summed E-state index contributed by atoms with van der Waals surface area (Å²) >= 11 is 0. The average molecular weight is 493 g/mol. The molecule has 194 valence electrons. The number of alkyl halides is 2. The Labute approximate surface area is 207 Å². The maximum Gasteiger partial charge on any atom is 0.251 e. The van der Waals surface area contributed by atoms with E-state index in [2.05, 4.69) is 31.2 Å². The Balaban J connectivity index is 0.00000342. The molecule has 0 spiro atoms. The first kappa shape index (κ1) is 27.5. The zero-order valence-electron chi connectivity index (χ0n) is 21.1. The summed E-state index contributed by atoms with van der Waals surface area (Å²) in [5.74, 6) is -2.43. The van der Waals surface area contributed by atoms with Gasteiger partial charge in [0.2, 0.25) is 0 Å². The molecule has 5 heteroatoms. The van der Waals surface area contributed by atoms with Crippen molar-refractivity contribution in [3.05, 3.63) is 65.0 Å². The van der Waals surface area contributed by atoms with Crippen molar-refractivity contribution in [2.45, 2.75) is 95.3 Å². The molecule has 0 aliphatic heterocycles. The van der Waals surface area contributed by atoms with Crippen LogP contribution in [0.2, 0.25) is 0 Å². The minimum Gasteiger partial charge on any atom is -0.494 e. The summed E-state index contributed by atoms with van der Waals surface area (Å²) in [6.45, 7) is 2.18. The van der Waals surface area contributed by atoms with E-state index in [4.69, 9.17) is 4.74 Å². The number of ether oxygens (including phenoxy) is 1. The monoisotopic (exact) mass is 492 g/mol. The van der Waals surface area contributed by atoms with Gasteiger partial charge in [-0.05, 0) is 104 Å². The molecule has 0 heterocycles. The van der Waals surface area contributed by atoms with Gasteiger partial charge in [0.1, 0.15) is 0 Å². The van der Waals surface area contributed by atoms with E-state index in [1.54, 1.807) is 12.1 Å². The first-order valence-corrected chi connectivity index (χ1v) is 13.2. The largest absolute Gasteiger partial charge is 0.494 e. The first-order chi connectivity index (χ1) is 16.4. The highest BCUT2D eigenvalue weighted by molar-refractivity contribution is 5.31. The molecule has 2 aliphatic carbocycles. The number of halogens is 4. The molecule has 0 saturated heterocycles. The lowest BCUT2D eigenvalue weighted by Gasteiger charge is -2.37. The Kier molecular flexibility index (Phi) is 9.66. The van der Waals surface area contributed by atoms with Crippen molar-refractivity contribution in [1.82, 2.24) is 0 Å². The fourth-order valence-electron chi connectivity index (χ4n) is 6.28. The van der Waals surface area contributed by atoms with Crippen molar-refractivity contribution >= 4 is 0 Å². The van der Waals surface area contributed by atoms with Crippen LogP contribution in [0.25, 0.3) is 0 Å². The molecule has 1 nitrogen and oxygen atoms in total. The number of benzene rings is 2. The molecule has 2 aliphatic rings. The second-order valence-corrected chi connectivity index (χ2v) is 10.6. The van der Waals surface area contributed by atoms with E-state index in [9.17, 15) is 4.39 Å². The van der Waals surface area contributed by atoms with Crippen molar-refractivity contribution in [3.63, 3.8) is 0 Å². The van der Waals surface area contributed by atoms with Crippen LogP contribution in [-0.4, -0.2) is 13.0 Å². The predicted octanol–water partition coefficient (Wildman–Crippen LogP) is 9.21. The summed E-state index contributed by atoms with van der Waals surface area (Å²) in [5.41, 5.74) is 3.64. The highest BCUT2D eigenvalue weighted by atomic mass is 19.3. The van der Waals surface area contributed by atoms with Crippen LogP contribution in [0.4, 0.5) is 17.9 Å². The van der Waals surface area contributed by atoms with Crippen LogP contribution in [0.3, 0.4) is 0 Å². The minimum absolute atomic E-state index is 0. The molecule has 0 aromatic heterocycles. The van der Waals surface area contributed by atoms with Gasteiger partial charge in [0.05, 0.1) is 7.11 Å². The maximum atomic E-state index is 15.3. The third-order valence-electron chi connectivity index (χ3n) is 8.37. The normalized spacial score (nSPS) is 25.1. The topological polar surface area (TPSA) is 9.23 Å². The Hall–Kier alpha value is -2.04. The minimum atomic E-state index is -2.58. The molecule has 35 heavy (non-hydrogen) atoms. The van der Waals surface area contributed by atoms with E-state index in [0.717, 1.165) is 56.9 Å². The van der Waals surface area contributed by atoms with Crippen molar-refractivity contribution < 1.29 is 22.6 Å². The highest BCUT2D eigenvalue weighted by Crippen LogP contribution is 2.47. The van der Waals surface area contributed by atoms with Gasteiger partial charge in [-0.3, -0.25) is 4.70 Å². The lowest BCUT2D eigenvalue weighted by atomic mass is 9.72. The maximum absolute atomic E-state index is 15.3. The zero-order chi connectivity index (χ0) is 24.1. The Morgan fingerprint density at radius 3 is 1.97 bits per heavy atom. The lowest BCUT2D eigenvalue weighted by Crippen LogP contribution is -2.34. The average Bonchev–Trinajstić information content (AvgIpc) is 2.85. The Bertz CT molecular complexity index is 910. The van der Waals surface area contributed by atoms with Gasteiger partial charge in [-0.25, -0.2) is 13.2 Å². The van der Waals surface area contributed by atoms with Gasteiger partial charge in [-0.1, -0.05) is 43.7 Å². The molecule has 0 atom stereocenters. The molecule has 0 amide bonds. The van der Waals surface area contributed by atoms with E-state index in [0.29, 0.717) is 18.8 Å². The number of hydrogen-bond acceptors (Lipinski definition) is 1. The molecule has 0 bridgehead atoms. The lowest BCUT2D eigenvalue weighted by molar-refractivity contribution is -0.0929. The van der Waals surface area contributed by atoms with Gasteiger partial charge in [0, 0.05) is 12.3 Å². The van der Waals surface area contributed by atoms with Gasteiger partial charge in [0.25, 0.3) is 5.92 Å². The molecule has 0 radical (unpaired) electrons. The highest BCUT2D eigenvalue weighted by Gasteiger charge is 2.43. The number of aryl methyl sites for hydroxylation is 1. The third-order valence-corrected chi connectivity index (χ3v) is 8.37. The van der Waals surface area contributed by atoms with Crippen molar-refractivity contribution in [2.75, 3.05) is 7.11 Å². The van der Waals surface area contributed by atoms with Gasteiger partial charge in [-0.2, -0.15) is 0 Å². The summed E-state index contributed by atoms with van der Waals surface area (Å²) in [5, 5.41) is 0. The molecular weight excluding hydrogens is 452 g/mol. The summed E-state index contributed by atoms with van der Waals surface area (Å²) in [6.07, 6.45) is 8.52. The number of methoxy groups -OCH3 is 1. The Morgan fingerprint density at radius 2 is 1.40 bits per heavy atom. The Morgan fingerprint density at radius 1 is 0.829 bits per heavy atom. The van der Waals surface area contributed by atoms with E-state index in [1.807, 2.05) is 6.07 Å². The van der Waals surface area contributed by atoms with Crippen LogP contribution in [0.1, 0.15) is 99.7 Å². The SMILES string of the molecule is CCCc1ccc(C2CCC(C(F)(F)CC3CCC(c4ccc(OC)c(F)c4)CC3)CC2)cc1.F. The summed E-state index contributed by atoms with van der Waals surface area (Å²) in [4.78, 5) is 0. The van der Waals surface area contributed by atoms with Gasteiger partial charge in [0.15, 0.2) is 11.6 Å². The summed E-state index contributed by atoms with van der Waals surface area (Å²) < 4.78 is 49.6. The molecular formula is C30H40F4O. The predicted molar refractivity (Wildman–Crippen MR) is 135 cm³/mol. The molecule has 2 aromatic carbocycles. The van der Waals surface area contributed by atoms with Crippen LogP contribution < -0.4 is 4.74 Å². The van der Waals surface area contributed by atoms with Crippen molar-refractivity contribution in [3.8, 4) is 5.75 Å². The summed E-state index contributed by atoms with van der Waals surface area (Å²) in [7, 11) is 1.46. The van der Waals surface area contributed by atoms with Crippen LogP contribution in [0.15, 0.2) is 42.5 Å². The van der Waals surface area contributed by atoms with Crippen molar-refractivity contribution in [1.29, 1.82) is 0 Å². The van der Waals surface area contributed by atoms with E-state index >= 15 is 8.78 Å². The molecule has 2 aromatic rings. The standard InChI is InChI=1S/C30H39F3O.FH/c1-3-4-21-5-9-23(10-6-21)24-13-16-27(17-14-24)30(32,33)20-22-7-11-25(12-8-22)26-15-18-29(34-2)28(31)19-26;/h5-6,9-10,15,18-19,22,24-25,27H,3-4,7-8,11-14,16-17,20H2,1-2H3;1H. The zero-order valence-corrected chi connectivity index (χ0v) is 21.1. The number of rotatable bonds is 8.